The molecule has 0 saturated heterocycles. The third-order valence-corrected chi connectivity index (χ3v) is 10.5. The molecule has 0 heterocycles. The van der Waals surface area contributed by atoms with Crippen LogP contribution >= 0.6 is 11.6 Å². The van der Waals surface area contributed by atoms with Gasteiger partial charge in [0.1, 0.15) is 17.4 Å². The van der Waals surface area contributed by atoms with Crippen LogP contribution in [0.5, 0.6) is 5.75 Å². The minimum atomic E-state index is -0.805. The maximum atomic E-state index is 15.0. The van der Waals surface area contributed by atoms with Crippen LogP contribution in [0.25, 0.3) is 10.8 Å². The molecule has 10 heteroatoms. The van der Waals surface area contributed by atoms with Gasteiger partial charge in [-0.2, -0.15) is 0 Å². The Morgan fingerprint density at radius 3 is 2.43 bits per heavy atom. The predicted octanol–water partition coefficient (Wildman–Crippen LogP) is 11.5. The highest BCUT2D eigenvalue weighted by Crippen LogP contribution is 2.40. The lowest BCUT2D eigenvalue weighted by molar-refractivity contribution is -0.139. The maximum Gasteiger partial charge on any atom is 0.343 e. The molecule has 7 nitrogen and oxygen atoms in total. The second-order valence-electron chi connectivity index (χ2n) is 14.2. The van der Waals surface area contributed by atoms with E-state index in [0.29, 0.717) is 35.8 Å². The van der Waals surface area contributed by atoms with Crippen LogP contribution in [0.2, 0.25) is 5.02 Å². The molecule has 1 aliphatic carbocycles. The third-order valence-electron chi connectivity index (χ3n) is 10.2. The smallest absolute Gasteiger partial charge is 0.343 e. The summed E-state index contributed by atoms with van der Waals surface area (Å²) in [4.78, 5) is 37.8. The van der Waals surface area contributed by atoms with Gasteiger partial charge < -0.3 is 20.2 Å². The topological polar surface area (TPSA) is 106 Å². The monoisotopic (exact) mass is 756 g/mol. The van der Waals surface area contributed by atoms with Crippen LogP contribution in [-0.4, -0.2) is 30.7 Å². The van der Waals surface area contributed by atoms with E-state index in [1.807, 2.05) is 12.1 Å². The highest BCUT2D eigenvalue weighted by atomic mass is 35.5. The highest BCUT2D eigenvalue weighted by Gasteiger charge is 2.23. The number of anilines is 1. The minimum absolute atomic E-state index is 0.0160. The highest BCUT2D eigenvalue weighted by molar-refractivity contribution is 6.37. The first-order chi connectivity index (χ1) is 26.0. The summed E-state index contributed by atoms with van der Waals surface area (Å²) in [5.41, 5.74) is 1.60. The van der Waals surface area contributed by atoms with E-state index in [4.69, 9.17) is 26.5 Å². The Bertz CT molecular complexity index is 2040. The van der Waals surface area contributed by atoms with Crippen molar-refractivity contribution in [1.29, 1.82) is 5.41 Å². The Hall–Kier alpha value is -4.89. The number of rotatable bonds is 16. The van der Waals surface area contributed by atoms with Gasteiger partial charge in [-0.1, -0.05) is 75.1 Å². The number of carbonyl (C=O) groups is 3. The minimum Gasteiger partial charge on any atom is -0.462 e. The van der Waals surface area contributed by atoms with E-state index < -0.39 is 29.5 Å². The number of hydrogen-bond donors (Lipinski definition) is 2. The van der Waals surface area contributed by atoms with Crippen molar-refractivity contribution in [3.8, 4) is 5.75 Å². The van der Waals surface area contributed by atoms with Gasteiger partial charge >= 0.3 is 11.9 Å². The average Bonchev–Trinajstić information content (AvgIpc) is 3.17. The Kier molecular flexibility index (Phi) is 14.1. The van der Waals surface area contributed by atoms with Gasteiger partial charge in [0.05, 0.1) is 22.9 Å². The largest absolute Gasteiger partial charge is 0.462 e. The number of ether oxygens (including phenoxy) is 2. The number of benzene rings is 4. The Balaban J connectivity index is 1.18. The molecular weight excluding hydrogens is 710 g/mol. The molecule has 54 heavy (non-hydrogen) atoms. The normalized spacial score (nSPS) is 15.4. The Morgan fingerprint density at radius 1 is 0.944 bits per heavy atom. The van der Waals surface area contributed by atoms with Crippen LogP contribution in [0.3, 0.4) is 0 Å². The number of hydrogen-bond acceptors (Lipinski definition) is 6. The fraction of sp³-hybridized carbons (Fsp3) is 0.364. The summed E-state index contributed by atoms with van der Waals surface area (Å²) in [6.07, 6.45) is 11.3. The molecule has 0 unspecified atom stereocenters. The zero-order chi connectivity index (χ0) is 38.8. The summed E-state index contributed by atoms with van der Waals surface area (Å²) < 4.78 is 40.6. The molecule has 0 aromatic heterocycles. The predicted molar refractivity (Wildman–Crippen MR) is 210 cm³/mol. The lowest BCUT2D eigenvalue weighted by atomic mass is 9.77. The number of esters is 2. The van der Waals surface area contributed by atoms with E-state index in [2.05, 4.69) is 31.0 Å². The van der Waals surface area contributed by atoms with Crippen molar-refractivity contribution in [2.75, 3.05) is 11.9 Å². The van der Waals surface area contributed by atoms with E-state index in [1.54, 1.807) is 13.0 Å². The first-order valence-electron chi connectivity index (χ1n) is 18.7. The van der Waals surface area contributed by atoms with Gasteiger partial charge in [-0.15, -0.1) is 0 Å². The zero-order valence-electron chi connectivity index (χ0n) is 30.9. The van der Waals surface area contributed by atoms with Crippen molar-refractivity contribution in [1.82, 2.24) is 0 Å². The average molecular weight is 757 g/mol. The molecule has 5 rings (SSSR count). The van der Waals surface area contributed by atoms with Crippen molar-refractivity contribution < 1.29 is 32.6 Å². The summed E-state index contributed by atoms with van der Waals surface area (Å²) in [5.74, 6) is -1.88. The number of unbranched alkanes of at least 4 members (excludes halogenated alkanes) is 3. The van der Waals surface area contributed by atoms with Crippen LogP contribution in [0, 0.1) is 23.0 Å². The van der Waals surface area contributed by atoms with Crippen LogP contribution in [0.4, 0.5) is 14.5 Å². The quantitative estimate of drug-likeness (QED) is 0.0389. The van der Waals surface area contributed by atoms with E-state index in [-0.39, 0.29) is 40.3 Å². The summed E-state index contributed by atoms with van der Waals surface area (Å²) in [6.45, 7) is 7.63. The molecule has 4 aromatic rings. The number of aryl methyl sites for hydroxylation is 1. The zero-order valence-corrected chi connectivity index (χ0v) is 31.6. The van der Waals surface area contributed by atoms with Gasteiger partial charge in [0.15, 0.2) is 0 Å². The van der Waals surface area contributed by atoms with Gasteiger partial charge in [0, 0.05) is 34.4 Å². The SMILES string of the molecule is C=C(C)C(=O)OCCCCCCc1cc(F)c(NC(=O)c2ccc(C(=O)Oc3ccc4cc(C5CCC(CCC)CC5)ccc4c3Cl)cc2C=N)cc1F. The van der Waals surface area contributed by atoms with E-state index in [9.17, 15) is 23.2 Å². The van der Waals surface area contributed by atoms with Crippen molar-refractivity contribution in [3.63, 3.8) is 0 Å². The van der Waals surface area contributed by atoms with E-state index in [1.165, 1.54) is 62.3 Å². The molecular formula is C44H47ClF2N2O5. The van der Waals surface area contributed by atoms with E-state index in [0.717, 1.165) is 47.9 Å². The van der Waals surface area contributed by atoms with Gasteiger partial charge in [0.25, 0.3) is 5.91 Å². The van der Waals surface area contributed by atoms with Gasteiger partial charge in [-0.05, 0) is 111 Å². The third kappa shape index (κ3) is 10.2. The fourth-order valence-corrected chi connectivity index (χ4v) is 7.39. The fourth-order valence-electron chi connectivity index (χ4n) is 7.11. The summed E-state index contributed by atoms with van der Waals surface area (Å²) in [5, 5.41) is 12.3. The number of amides is 1. The van der Waals surface area contributed by atoms with Crippen LogP contribution in [-0.2, 0) is 16.0 Å². The second kappa shape index (κ2) is 18.9. The molecule has 0 atom stereocenters. The summed E-state index contributed by atoms with van der Waals surface area (Å²) >= 11 is 6.73. The molecule has 1 amide bonds. The Labute approximate surface area is 320 Å². The first kappa shape index (κ1) is 40.3. The van der Waals surface area contributed by atoms with E-state index >= 15 is 0 Å². The number of nitrogens with one attached hydrogen (secondary N) is 2. The molecule has 1 aliphatic rings. The number of fused-ring (bicyclic) bond motifs is 1. The standard InChI is InChI=1S/C44H47ClF2N2O5/c1-4-9-28-11-13-29(14-12-28)30-15-18-35-31(22-30)17-20-40(41(35)45)54-44(52)33-16-19-36(34(23-33)26-48)42(50)49-39-25-37(46)32(24-38(39)47)10-7-5-6-8-21-53-43(51)27(2)3/h15-20,22-26,28-29,48H,2,4-14,21H2,1,3H3,(H,49,50). The molecule has 0 spiro atoms. The molecule has 2 N–H and O–H groups in total. The van der Waals surface area contributed by atoms with Crippen molar-refractivity contribution >= 4 is 52.1 Å². The summed E-state index contributed by atoms with van der Waals surface area (Å²) in [6, 6.07) is 15.8. The number of carbonyl (C=O) groups excluding carboxylic acids is 3. The molecule has 4 aromatic carbocycles. The van der Waals surface area contributed by atoms with Crippen LogP contribution in [0.15, 0.2) is 72.8 Å². The lowest BCUT2D eigenvalue weighted by Gasteiger charge is -2.28. The maximum absolute atomic E-state index is 15.0. The molecule has 1 fully saturated rings. The lowest BCUT2D eigenvalue weighted by Crippen LogP contribution is -2.17. The molecule has 0 aliphatic heterocycles. The number of halogens is 3. The molecule has 1 saturated carbocycles. The van der Waals surface area contributed by atoms with Crippen LogP contribution < -0.4 is 10.1 Å². The molecule has 0 radical (unpaired) electrons. The van der Waals surface area contributed by atoms with Gasteiger partial charge in [0.2, 0.25) is 0 Å². The first-order valence-corrected chi connectivity index (χ1v) is 19.1. The summed E-state index contributed by atoms with van der Waals surface area (Å²) in [7, 11) is 0. The van der Waals surface area contributed by atoms with Gasteiger partial charge in [-0.25, -0.2) is 18.4 Å². The van der Waals surface area contributed by atoms with Gasteiger partial charge in [-0.3, -0.25) is 4.79 Å². The van der Waals surface area contributed by atoms with Crippen LogP contribution in [0.1, 0.15) is 121 Å². The second-order valence-corrected chi connectivity index (χ2v) is 14.5. The van der Waals surface area contributed by atoms with Crippen molar-refractivity contribution in [3.05, 3.63) is 117 Å². The molecule has 0 bridgehead atoms. The van der Waals surface area contributed by atoms with Crippen molar-refractivity contribution in [2.45, 2.75) is 90.4 Å². The van der Waals surface area contributed by atoms with Crippen molar-refractivity contribution in [2.24, 2.45) is 5.92 Å². The molecule has 284 valence electrons. The Morgan fingerprint density at radius 2 is 1.70 bits per heavy atom.